The first kappa shape index (κ1) is 14.9. The highest BCUT2D eigenvalue weighted by Gasteiger charge is 2.11. The monoisotopic (exact) mass is 305 g/mol. The summed E-state index contributed by atoms with van der Waals surface area (Å²) in [7, 11) is 1.79. The third-order valence-electron chi connectivity index (χ3n) is 3.08. The molecule has 0 saturated carbocycles. The molecule has 2 aromatic carbocycles. The van der Waals surface area contributed by atoms with E-state index >= 15 is 0 Å². The zero-order valence-corrected chi connectivity index (χ0v) is 12.9. The van der Waals surface area contributed by atoms with Gasteiger partial charge in [-0.1, -0.05) is 41.9 Å². The van der Waals surface area contributed by atoms with Crippen molar-refractivity contribution in [3.8, 4) is 0 Å². The number of thiol groups is 1. The number of rotatable bonds is 4. The van der Waals surface area contributed by atoms with Crippen LogP contribution in [0.1, 0.15) is 11.1 Å². The minimum absolute atomic E-state index is 0.0665. The third-order valence-corrected chi connectivity index (χ3v) is 3.75. The Balaban J connectivity index is 1.99. The Morgan fingerprint density at radius 3 is 2.45 bits per heavy atom. The van der Waals surface area contributed by atoms with E-state index in [1.54, 1.807) is 11.9 Å². The first-order chi connectivity index (χ1) is 9.56. The van der Waals surface area contributed by atoms with Gasteiger partial charge in [-0.2, -0.15) is 0 Å². The molecule has 2 rings (SSSR count). The van der Waals surface area contributed by atoms with Gasteiger partial charge in [-0.25, -0.2) is 0 Å². The van der Waals surface area contributed by atoms with Crippen molar-refractivity contribution in [1.29, 1.82) is 0 Å². The summed E-state index contributed by atoms with van der Waals surface area (Å²) in [6.45, 7) is 0.517. The molecule has 0 radical (unpaired) electrons. The van der Waals surface area contributed by atoms with Crippen LogP contribution in [0.5, 0.6) is 0 Å². The van der Waals surface area contributed by atoms with Crippen LogP contribution < -0.4 is 0 Å². The van der Waals surface area contributed by atoms with Crippen molar-refractivity contribution in [3.63, 3.8) is 0 Å². The van der Waals surface area contributed by atoms with Gasteiger partial charge in [-0.3, -0.25) is 4.79 Å². The van der Waals surface area contributed by atoms with Gasteiger partial charge in [0.2, 0.25) is 5.91 Å². The highest BCUT2D eigenvalue weighted by Crippen LogP contribution is 2.17. The fourth-order valence-electron chi connectivity index (χ4n) is 1.89. The van der Waals surface area contributed by atoms with Crippen LogP contribution in [-0.4, -0.2) is 17.9 Å². The average Bonchev–Trinajstić information content (AvgIpc) is 2.44. The van der Waals surface area contributed by atoms with Crippen molar-refractivity contribution in [2.45, 2.75) is 17.9 Å². The second kappa shape index (κ2) is 6.82. The molecule has 0 aliphatic heterocycles. The molecule has 0 fully saturated rings. The zero-order valence-electron chi connectivity index (χ0n) is 11.2. The van der Waals surface area contributed by atoms with Gasteiger partial charge in [0.25, 0.3) is 0 Å². The van der Waals surface area contributed by atoms with Crippen LogP contribution in [-0.2, 0) is 17.8 Å². The van der Waals surface area contributed by atoms with E-state index in [1.807, 2.05) is 48.5 Å². The molecular formula is C16H16ClNOS. The molecular weight excluding hydrogens is 290 g/mol. The second-order valence-electron chi connectivity index (χ2n) is 4.68. The number of carbonyl (C=O) groups excluding carboxylic acids is 1. The molecule has 4 heteroatoms. The predicted molar refractivity (Wildman–Crippen MR) is 85.3 cm³/mol. The number of hydrogen-bond donors (Lipinski definition) is 1. The number of carbonyl (C=O) groups is 1. The lowest BCUT2D eigenvalue weighted by atomic mass is 10.1. The maximum atomic E-state index is 12.2. The second-order valence-corrected chi connectivity index (χ2v) is 5.61. The van der Waals surface area contributed by atoms with Crippen LogP contribution in [0, 0.1) is 0 Å². The smallest absolute Gasteiger partial charge is 0.227 e. The lowest BCUT2D eigenvalue weighted by Crippen LogP contribution is -2.27. The fourth-order valence-corrected chi connectivity index (χ4v) is 2.24. The van der Waals surface area contributed by atoms with E-state index in [2.05, 4.69) is 12.6 Å². The molecule has 1 amide bonds. The molecule has 0 bridgehead atoms. The Bertz CT molecular complexity index is 598. The summed E-state index contributed by atoms with van der Waals surface area (Å²) in [5.74, 6) is 0.0665. The minimum Gasteiger partial charge on any atom is -0.341 e. The number of nitrogens with zero attached hydrogens (tertiary/aromatic N) is 1. The van der Waals surface area contributed by atoms with Crippen LogP contribution in [0.25, 0.3) is 0 Å². The summed E-state index contributed by atoms with van der Waals surface area (Å²) in [6.07, 6.45) is 0.384. The number of likely N-dealkylation sites (N-methyl/N-ethyl adjacent to an activating group) is 1. The standard InChI is InChI=1S/C16H16ClNOS/c1-18(11-13-4-2-3-5-15(13)17)16(19)10-12-6-8-14(20)9-7-12/h2-9,20H,10-11H2,1H3. The van der Waals surface area contributed by atoms with E-state index in [9.17, 15) is 4.79 Å². The number of halogens is 1. The average molecular weight is 306 g/mol. The van der Waals surface area contributed by atoms with E-state index in [0.29, 0.717) is 18.0 Å². The predicted octanol–water partition coefficient (Wildman–Crippen LogP) is 3.83. The minimum atomic E-state index is 0.0665. The molecule has 0 aliphatic carbocycles. The normalized spacial score (nSPS) is 10.3. The molecule has 0 spiro atoms. The largest absolute Gasteiger partial charge is 0.341 e. The summed E-state index contributed by atoms with van der Waals surface area (Å²) in [5.41, 5.74) is 1.94. The maximum Gasteiger partial charge on any atom is 0.227 e. The summed E-state index contributed by atoms with van der Waals surface area (Å²) in [4.78, 5) is 14.8. The van der Waals surface area contributed by atoms with Crippen molar-refractivity contribution in [1.82, 2.24) is 4.90 Å². The van der Waals surface area contributed by atoms with Gasteiger partial charge >= 0.3 is 0 Å². The number of hydrogen-bond acceptors (Lipinski definition) is 2. The van der Waals surface area contributed by atoms with E-state index in [4.69, 9.17) is 11.6 Å². The molecule has 0 heterocycles. The maximum absolute atomic E-state index is 12.2. The van der Waals surface area contributed by atoms with Gasteiger partial charge in [0.15, 0.2) is 0 Å². The molecule has 0 aromatic heterocycles. The van der Waals surface area contributed by atoms with Gasteiger partial charge in [0, 0.05) is 23.5 Å². The zero-order chi connectivity index (χ0) is 14.5. The lowest BCUT2D eigenvalue weighted by molar-refractivity contribution is -0.129. The molecule has 20 heavy (non-hydrogen) atoms. The SMILES string of the molecule is CN(Cc1ccccc1Cl)C(=O)Cc1ccc(S)cc1. The summed E-state index contributed by atoms with van der Waals surface area (Å²) in [5, 5.41) is 0.687. The summed E-state index contributed by atoms with van der Waals surface area (Å²) < 4.78 is 0. The van der Waals surface area contributed by atoms with Crippen molar-refractivity contribution in [3.05, 3.63) is 64.7 Å². The molecule has 2 nitrogen and oxygen atoms in total. The van der Waals surface area contributed by atoms with E-state index in [0.717, 1.165) is 16.0 Å². The first-order valence-corrected chi connectivity index (χ1v) is 7.14. The number of benzene rings is 2. The van der Waals surface area contributed by atoms with Gasteiger partial charge in [-0.05, 0) is 29.3 Å². The molecule has 104 valence electrons. The van der Waals surface area contributed by atoms with Crippen LogP contribution in [0.2, 0.25) is 5.02 Å². The lowest BCUT2D eigenvalue weighted by Gasteiger charge is -2.18. The Morgan fingerprint density at radius 2 is 1.80 bits per heavy atom. The van der Waals surface area contributed by atoms with Crippen molar-refractivity contribution >= 4 is 30.1 Å². The van der Waals surface area contributed by atoms with Crippen LogP contribution in [0.3, 0.4) is 0 Å². The summed E-state index contributed by atoms with van der Waals surface area (Å²) in [6, 6.07) is 15.2. The van der Waals surface area contributed by atoms with Gasteiger partial charge in [0.05, 0.1) is 6.42 Å². The third kappa shape index (κ3) is 4.02. The summed E-state index contributed by atoms with van der Waals surface area (Å²) >= 11 is 10.3. The van der Waals surface area contributed by atoms with Gasteiger partial charge in [-0.15, -0.1) is 12.6 Å². The fraction of sp³-hybridized carbons (Fsp3) is 0.188. The quantitative estimate of drug-likeness (QED) is 0.851. The Hall–Kier alpha value is -1.45. The Morgan fingerprint density at radius 1 is 1.15 bits per heavy atom. The van der Waals surface area contributed by atoms with Crippen molar-refractivity contribution < 1.29 is 4.79 Å². The first-order valence-electron chi connectivity index (χ1n) is 6.31. The van der Waals surface area contributed by atoms with Crippen molar-refractivity contribution in [2.75, 3.05) is 7.05 Å². The Labute approximate surface area is 129 Å². The number of amides is 1. The highest BCUT2D eigenvalue weighted by atomic mass is 35.5. The van der Waals surface area contributed by atoms with Gasteiger partial charge in [0.1, 0.15) is 0 Å². The topological polar surface area (TPSA) is 20.3 Å². The van der Waals surface area contributed by atoms with Crippen LogP contribution in [0.15, 0.2) is 53.4 Å². The molecule has 0 atom stereocenters. The molecule has 0 aliphatic rings. The molecule has 2 aromatic rings. The van der Waals surface area contributed by atoms with E-state index in [1.165, 1.54) is 0 Å². The molecule has 0 unspecified atom stereocenters. The van der Waals surface area contributed by atoms with Crippen molar-refractivity contribution in [2.24, 2.45) is 0 Å². The van der Waals surface area contributed by atoms with Crippen LogP contribution >= 0.6 is 24.2 Å². The van der Waals surface area contributed by atoms with Crippen LogP contribution in [0.4, 0.5) is 0 Å². The van der Waals surface area contributed by atoms with E-state index < -0.39 is 0 Å². The molecule has 0 saturated heterocycles. The molecule has 0 N–H and O–H groups in total. The van der Waals surface area contributed by atoms with Gasteiger partial charge < -0.3 is 4.90 Å². The highest BCUT2D eigenvalue weighted by molar-refractivity contribution is 7.80. The Kier molecular flexibility index (Phi) is 5.10. The van der Waals surface area contributed by atoms with E-state index in [-0.39, 0.29) is 5.91 Å².